The number of allylic oxidation sites excluding steroid dienone is 1. The SMILES string of the molecule is CC1=C(c2nc(-c3cccs3)no2)C(c2ccc(Cl)cc2)NC(=O)N1c1ccc(F)c(F)c1. The molecular weight excluding hydrogens is 470 g/mol. The second-order valence-electron chi connectivity index (χ2n) is 7.27. The molecule has 3 heterocycles. The molecule has 0 aliphatic carbocycles. The fraction of sp³-hybridized carbons (Fsp3) is 0.0870. The molecule has 1 aliphatic rings. The molecule has 1 N–H and O–H groups in total. The van der Waals surface area contributed by atoms with Gasteiger partial charge in [-0.05, 0) is 48.2 Å². The first-order chi connectivity index (χ1) is 15.9. The van der Waals surface area contributed by atoms with Crippen LogP contribution in [0.4, 0.5) is 19.3 Å². The molecule has 1 atom stereocenters. The highest BCUT2D eigenvalue weighted by Crippen LogP contribution is 2.39. The molecule has 0 fully saturated rings. The molecule has 5 rings (SSSR count). The van der Waals surface area contributed by atoms with Gasteiger partial charge in [-0.15, -0.1) is 11.3 Å². The quantitative estimate of drug-likeness (QED) is 0.362. The fourth-order valence-corrected chi connectivity index (χ4v) is 4.47. The number of hydrogen-bond acceptors (Lipinski definition) is 5. The summed E-state index contributed by atoms with van der Waals surface area (Å²) in [6.45, 7) is 1.69. The lowest BCUT2D eigenvalue weighted by Gasteiger charge is -2.35. The second-order valence-corrected chi connectivity index (χ2v) is 8.65. The molecule has 1 aliphatic heterocycles. The number of urea groups is 1. The molecule has 2 aromatic heterocycles. The van der Waals surface area contributed by atoms with Crippen molar-refractivity contribution in [2.75, 3.05) is 4.90 Å². The number of aromatic nitrogens is 2. The lowest BCUT2D eigenvalue weighted by atomic mass is 9.94. The maximum absolute atomic E-state index is 13.9. The van der Waals surface area contributed by atoms with E-state index in [9.17, 15) is 13.6 Å². The smallest absolute Gasteiger partial charge is 0.327 e. The van der Waals surface area contributed by atoms with Crippen LogP contribution in [-0.2, 0) is 0 Å². The first kappa shape index (κ1) is 21.3. The number of nitrogens with one attached hydrogen (secondary N) is 1. The number of thiophene rings is 1. The van der Waals surface area contributed by atoms with Crippen LogP contribution in [0.15, 0.2) is 70.2 Å². The van der Waals surface area contributed by atoms with Gasteiger partial charge in [-0.25, -0.2) is 13.6 Å². The van der Waals surface area contributed by atoms with Gasteiger partial charge in [-0.3, -0.25) is 4.90 Å². The molecule has 0 spiro atoms. The Bertz CT molecular complexity index is 1370. The minimum absolute atomic E-state index is 0.161. The van der Waals surface area contributed by atoms with Crippen LogP contribution in [0.1, 0.15) is 24.4 Å². The zero-order valence-corrected chi connectivity index (χ0v) is 18.6. The van der Waals surface area contributed by atoms with Gasteiger partial charge in [0.1, 0.15) is 0 Å². The first-order valence-corrected chi connectivity index (χ1v) is 11.1. The summed E-state index contributed by atoms with van der Waals surface area (Å²) in [5.41, 5.74) is 1.86. The summed E-state index contributed by atoms with van der Waals surface area (Å²) < 4.78 is 33.0. The van der Waals surface area contributed by atoms with Crippen LogP contribution < -0.4 is 10.2 Å². The normalized spacial score (nSPS) is 16.3. The highest BCUT2D eigenvalue weighted by molar-refractivity contribution is 7.13. The van der Waals surface area contributed by atoms with Gasteiger partial charge in [0.05, 0.1) is 22.2 Å². The number of amides is 2. The molecule has 2 amide bonds. The van der Waals surface area contributed by atoms with E-state index in [2.05, 4.69) is 15.5 Å². The third kappa shape index (κ3) is 3.90. The van der Waals surface area contributed by atoms with Gasteiger partial charge in [-0.2, -0.15) is 4.98 Å². The van der Waals surface area contributed by atoms with Gasteiger partial charge in [-0.1, -0.05) is 35.0 Å². The molecule has 0 bridgehead atoms. The first-order valence-electron chi connectivity index (χ1n) is 9.82. The van der Waals surface area contributed by atoms with E-state index in [-0.39, 0.29) is 11.6 Å². The fourth-order valence-electron chi connectivity index (χ4n) is 3.70. The molecular formula is C23H15ClF2N4O2S. The summed E-state index contributed by atoms with van der Waals surface area (Å²) in [5, 5.41) is 9.43. The lowest BCUT2D eigenvalue weighted by Crippen LogP contribution is -2.46. The van der Waals surface area contributed by atoms with Crippen molar-refractivity contribution >= 4 is 40.2 Å². The molecule has 10 heteroatoms. The maximum Gasteiger partial charge on any atom is 0.327 e. The number of rotatable bonds is 4. The summed E-state index contributed by atoms with van der Waals surface area (Å²) in [6.07, 6.45) is 0. The zero-order chi connectivity index (χ0) is 23.1. The van der Waals surface area contributed by atoms with E-state index in [4.69, 9.17) is 16.1 Å². The third-order valence-electron chi connectivity index (χ3n) is 5.25. The van der Waals surface area contributed by atoms with Crippen molar-refractivity contribution in [1.29, 1.82) is 0 Å². The number of anilines is 1. The second kappa shape index (κ2) is 8.42. The topological polar surface area (TPSA) is 71.3 Å². The Morgan fingerprint density at radius 2 is 1.91 bits per heavy atom. The molecule has 33 heavy (non-hydrogen) atoms. The van der Waals surface area contributed by atoms with Crippen molar-refractivity contribution in [1.82, 2.24) is 15.5 Å². The van der Waals surface area contributed by atoms with E-state index in [0.717, 1.165) is 22.6 Å². The Morgan fingerprint density at radius 1 is 1.12 bits per heavy atom. The Morgan fingerprint density at radius 3 is 2.61 bits per heavy atom. The summed E-state index contributed by atoms with van der Waals surface area (Å²) >= 11 is 7.50. The minimum Gasteiger partial charge on any atom is -0.334 e. The Balaban J connectivity index is 1.67. The van der Waals surface area contributed by atoms with Crippen molar-refractivity contribution in [2.24, 2.45) is 0 Å². The van der Waals surface area contributed by atoms with E-state index in [1.165, 1.54) is 22.3 Å². The highest BCUT2D eigenvalue weighted by atomic mass is 35.5. The van der Waals surface area contributed by atoms with Crippen molar-refractivity contribution in [3.8, 4) is 10.7 Å². The van der Waals surface area contributed by atoms with Crippen LogP contribution in [0.25, 0.3) is 16.3 Å². The van der Waals surface area contributed by atoms with Crippen molar-refractivity contribution in [3.05, 3.63) is 93.8 Å². The molecule has 2 aromatic carbocycles. The van der Waals surface area contributed by atoms with E-state index in [0.29, 0.717) is 22.1 Å². The van der Waals surface area contributed by atoms with Crippen molar-refractivity contribution in [2.45, 2.75) is 13.0 Å². The standard InChI is InChI=1S/C23H15ClF2N4O2S/c1-12-19(22-28-21(29-32-22)18-3-2-10-33-18)20(13-4-6-14(24)7-5-13)27-23(31)30(12)15-8-9-16(25)17(26)11-15/h2-11,20H,1H3,(H,27,31). The number of carbonyl (C=O) groups excluding carboxylic acids is 1. The largest absolute Gasteiger partial charge is 0.334 e. The molecule has 166 valence electrons. The Hall–Kier alpha value is -3.56. The van der Waals surface area contributed by atoms with E-state index >= 15 is 0 Å². The van der Waals surface area contributed by atoms with Gasteiger partial charge in [0, 0.05) is 16.8 Å². The number of carbonyl (C=O) groups is 1. The summed E-state index contributed by atoms with van der Waals surface area (Å²) in [4.78, 5) is 19.7. The molecule has 0 saturated carbocycles. The van der Waals surface area contributed by atoms with E-state index in [1.807, 2.05) is 17.5 Å². The van der Waals surface area contributed by atoms with Gasteiger partial charge in [0.25, 0.3) is 5.89 Å². The summed E-state index contributed by atoms with van der Waals surface area (Å²) in [6, 6.07) is 12.8. The Labute approximate surface area is 196 Å². The van der Waals surface area contributed by atoms with Gasteiger partial charge < -0.3 is 9.84 Å². The summed E-state index contributed by atoms with van der Waals surface area (Å²) in [7, 11) is 0. The van der Waals surface area contributed by atoms with Gasteiger partial charge >= 0.3 is 6.03 Å². The molecule has 0 saturated heterocycles. The lowest BCUT2D eigenvalue weighted by molar-refractivity contribution is 0.244. The number of halogens is 3. The van der Waals surface area contributed by atoms with Crippen molar-refractivity contribution < 1.29 is 18.1 Å². The van der Waals surface area contributed by atoms with Crippen LogP contribution in [0.2, 0.25) is 5.02 Å². The monoisotopic (exact) mass is 484 g/mol. The molecule has 1 unspecified atom stereocenters. The highest BCUT2D eigenvalue weighted by Gasteiger charge is 2.36. The number of nitrogens with zero attached hydrogens (tertiary/aromatic N) is 3. The third-order valence-corrected chi connectivity index (χ3v) is 6.37. The van der Waals surface area contributed by atoms with E-state index in [1.54, 1.807) is 31.2 Å². The average molecular weight is 485 g/mol. The van der Waals surface area contributed by atoms with Crippen LogP contribution in [-0.4, -0.2) is 16.2 Å². The maximum atomic E-state index is 13.9. The molecule has 0 radical (unpaired) electrons. The molecule has 6 nitrogen and oxygen atoms in total. The minimum atomic E-state index is -1.06. The average Bonchev–Trinajstić information content (AvgIpc) is 3.48. The van der Waals surface area contributed by atoms with Crippen LogP contribution in [0.3, 0.4) is 0 Å². The Kier molecular flexibility index (Phi) is 5.43. The van der Waals surface area contributed by atoms with Gasteiger partial charge in [0.15, 0.2) is 11.6 Å². The van der Waals surface area contributed by atoms with Crippen LogP contribution >= 0.6 is 22.9 Å². The van der Waals surface area contributed by atoms with Gasteiger partial charge in [0.2, 0.25) is 5.82 Å². The predicted molar refractivity (Wildman–Crippen MR) is 122 cm³/mol. The number of hydrogen-bond donors (Lipinski definition) is 1. The molecule has 4 aromatic rings. The number of benzene rings is 2. The predicted octanol–water partition coefficient (Wildman–Crippen LogP) is 6.43. The van der Waals surface area contributed by atoms with Crippen molar-refractivity contribution in [3.63, 3.8) is 0 Å². The van der Waals surface area contributed by atoms with Crippen LogP contribution in [0.5, 0.6) is 0 Å². The van der Waals surface area contributed by atoms with Crippen LogP contribution in [0, 0.1) is 11.6 Å². The summed E-state index contributed by atoms with van der Waals surface area (Å²) in [5.74, 6) is -1.46. The zero-order valence-electron chi connectivity index (χ0n) is 17.1. The van der Waals surface area contributed by atoms with E-state index < -0.39 is 23.7 Å².